The highest BCUT2D eigenvalue weighted by molar-refractivity contribution is 6.05. The van der Waals surface area contributed by atoms with Crippen LogP contribution in [0.25, 0.3) is 0 Å². The van der Waals surface area contributed by atoms with Gasteiger partial charge in [-0.15, -0.1) is 0 Å². The van der Waals surface area contributed by atoms with E-state index in [0.717, 1.165) is 51.6 Å². The second-order valence-corrected chi connectivity index (χ2v) is 6.54. The van der Waals surface area contributed by atoms with E-state index in [-0.39, 0.29) is 17.2 Å². The van der Waals surface area contributed by atoms with Gasteiger partial charge in [0.1, 0.15) is 0 Å². The van der Waals surface area contributed by atoms with E-state index in [4.69, 9.17) is 0 Å². The van der Waals surface area contributed by atoms with Crippen LogP contribution in [0.1, 0.15) is 51.4 Å². The van der Waals surface area contributed by atoms with E-state index < -0.39 is 0 Å². The molecule has 1 aliphatic carbocycles. The molecule has 1 saturated carbocycles. The Labute approximate surface area is 114 Å². The molecule has 2 amide bonds. The standard InChI is InChI=1S/C15H24N2O2/c18-13-9-15(6-2-1-3-7-15)14(19)17(13)11-12-5-4-8-16-10-12/h12,16H,1-11H2. The van der Waals surface area contributed by atoms with Gasteiger partial charge in [-0.3, -0.25) is 14.5 Å². The molecular weight excluding hydrogens is 240 g/mol. The van der Waals surface area contributed by atoms with Crippen LogP contribution in [-0.2, 0) is 9.59 Å². The third-order valence-electron chi connectivity index (χ3n) is 5.14. The molecule has 0 aromatic rings. The average molecular weight is 264 g/mol. The number of rotatable bonds is 2. The Morgan fingerprint density at radius 1 is 1.16 bits per heavy atom. The van der Waals surface area contributed by atoms with E-state index in [2.05, 4.69) is 5.32 Å². The van der Waals surface area contributed by atoms with Gasteiger partial charge in [0.15, 0.2) is 0 Å². The molecule has 3 rings (SSSR count). The summed E-state index contributed by atoms with van der Waals surface area (Å²) in [6.45, 7) is 2.67. The van der Waals surface area contributed by atoms with Crippen molar-refractivity contribution in [1.82, 2.24) is 10.2 Å². The summed E-state index contributed by atoms with van der Waals surface area (Å²) < 4.78 is 0. The van der Waals surface area contributed by atoms with Crippen LogP contribution >= 0.6 is 0 Å². The van der Waals surface area contributed by atoms with Crippen molar-refractivity contribution in [2.45, 2.75) is 51.4 Å². The van der Waals surface area contributed by atoms with Gasteiger partial charge in [0.05, 0.1) is 5.41 Å². The lowest BCUT2D eigenvalue weighted by molar-refractivity contribution is -0.143. The smallest absolute Gasteiger partial charge is 0.235 e. The highest BCUT2D eigenvalue weighted by Gasteiger charge is 2.51. The lowest BCUT2D eigenvalue weighted by Crippen LogP contribution is -2.43. The molecule has 3 aliphatic rings. The van der Waals surface area contributed by atoms with Crippen LogP contribution in [0.4, 0.5) is 0 Å². The van der Waals surface area contributed by atoms with E-state index in [1.807, 2.05) is 0 Å². The minimum atomic E-state index is -0.308. The number of imide groups is 1. The first-order chi connectivity index (χ1) is 9.21. The van der Waals surface area contributed by atoms with Gasteiger partial charge in [0, 0.05) is 13.0 Å². The molecule has 4 heteroatoms. The molecule has 1 N–H and O–H groups in total. The molecule has 1 unspecified atom stereocenters. The summed E-state index contributed by atoms with van der Waals surface area (Å²) in [6.07, 6.45) is 8.06. The lowest BCUT2D eigenvalue weighted by Gasteiger charge is -2.32. The summed E-state index contributed by atoms with van der Waals surface area (Å²) in [5, 5.41) is 3.36. The Bertz CT molecular complexity index is 368. The first-order valence-electron chi connectivity index (χ1n) is 7.77. The molecule has 4 nitrogen and oxygen atoms in total. The first-order valence-corrected chi connectivity index (χ1v) is 7.77. The van der Waals surface area contributed by atoms with Crippen LogP contribution in [0.3, 0.4) is 0 Å². The van der Waals surface area contributed by atoms with Crippen molar-refractivity contribution in [1.29, 1.82) is 0 Å². The Morgan fingerprint density at radius 3 is 2.63 bits per heavy atom. The quantitative estimate of drug-likeness (QED) is 0.772. The van der Waals surface area contributed by atoms with Gasteiger partial charge in [0.2, 0.25) is 11.8 Å². The van der Waals surface area contributed by atoms with Crippen molar-refractivity contribution in [3.8, 4) is 0 Å². The number of nitrogens with zero attached hydrogens (tertiary/aromatic N) is 1. The molecule has 0 aromatic heterocycles. The summed E-state index contributed by atoms with van der Waals surface area (Å²) in [7, 11) is 0. The second-order valence-electron chi connectivity index (χ2n) is 6.54. The number of nitrogens with one attached hydrogen (secondary N) is 1. The van der Waals surface area contributed by atoms with Crippen LogP contribution in [0, 0.1) is 11.3 Å². The fourth-order valence-electron chi connectivity index (χ4n) is 4.00. The SMILES string of the molecule is O=C1CC2(CCCCC2)C(=O)N1CC1CCCNC1. The van der Waals surface area contributed by atoms with Crippen molar-refractivity contribution in [3.63, 3.8) is 0 Å². The Balaban J connectivity index is 1.68. The number of carbonyl (C=O) groups excluding carboxylic acids is 2. The van der Waals surface area contributed by atoms with Crippen molar-refractivity contribution >= 4 is 11.8 Å². The topological polar surface area (TPSA) is 49.4 Å². The zero-order valence-corrected chi connectivity index (χ0v) is 11.6. The van der Waals surface area contributed by atoms with Gasteiger partial charge in [-0.25, -0.2) is 0 Å². The van der Waals surface area contributed by atoms with E-state index in [1.165, 1.54) is 6.42 Å². The summed E-state index contributed by atoms with van der Waals surface area (Å²) in [5.41, 5.74) is -0.308. The molecule has 106 valence electrons. The zero-order valence-electron chi connectivity index (χ0n) is 11.6. The predicted molar refractivity (Wildman–Crippen MR) is 72.4 cm³/mol. The fraction of sp³-hybridized carbons (Fsp3) is 0.867. The highest BCUT2D eigenvalue weighted by Crippen LogP contribution is 2.45. The molecule has 3 fully saturated rings. The lowest BCUT2D eigenvalue weighted by atomic mass is 9.73. The normalized spacial score (nSPS) is 31.2. The van der Waals surface area contributed by atoms with Gasteiger partial charge < -0.3 is 5.32 Å². The van der Waals surface area contributed by atoms with E-state index in [1.54, 1.807) is 4.90 Å². The zero-order chi connectivity index (χ0) is 13.3. The summed E-state index contributed by atoms with van der Waals surface area (Å²) in [6, 6.07) is 0. The van der Waals surface area contributed by atoms with Gasteiger partial charge in [-0.1, -0.05) is 19.3 Å². The number of hydrogen-bond acceptors (Lipinski definition) is 3. The Hall–Kier alpha value is -0.900. The molecule has 2 saturated heterocycles. The number of hydrogen-bond donors (Lipinski definition) is 1. The molecule has 2 aliphatic heterocycles. The van der Waals surface area contributed by atoms with Crippen molar-refractivity contribution < 1.29 is 9.59 Å². The maximum Gasteiger partial charge on any atom is 0.235 e. The number of amides is 2. The summed E-state index contributed by atoms with van der Waals surface area (Å²) in [5.74, 6) is 0.681. The Morgan fingerprint density at radius 2 is 1.95 bits per heavy atom. The predicted octanol–water partition coefficient (Wildman–Crippen LogP) is 1.70. The van der Waals surface area contributed by atoms with Crippen LogP contribution in [-0.4, -0.2) is 36.3 Å². The average Bonchev–Trinajstić information content (AvgIpc) is 2.66. The number of carbonyl (C=O) groups is 2. The fourth-order valence-corrected chi connectivity index (χ4v) is 4.00. The van der Waals surface area contributed by atoms with Crippen LogP contribution < -0.4 is 5.32 Å². The largest absolute Gasteiger partial charge is 0.316 e. The van der Waals surface area contributed by atoms with E-state index >= 15 is 0 Å². The summed E-state index contributed by atoms with van der Waals surface area (Å²) in [4.78, 5) is 26.5. The number of likely N-dealkylation sites (tertiary alicyclic amines) is 1. The second kappa shape index (κ2) is 5.23. The molecule has 0 bridgehead atoms. The van der Waals surface area contributed by atoms with Crippen molar-refractivity contribution in [3.05, 3.63) is 0 Å². The minimum Gasteiger partial charge on any atom is -0.316 e. The van der Waals surface area contributed by atoms with Crippen molar-refractivity contribution in [2.24, 2.45) is 11.3 Å². The van der Waals surface area contributed by atoms with Crippen molar-refractivity contribution in [2.75, 3.05) is 19.6 Å². The molecule has 2 heterocycles. The van der Waals surface area contributed by atoms with Gasteiger partial charge in [-0.05, 0) is 44.7 Å². The molecule has 1 spiro atoms. The van der Waals surface area contributed by atoms with Gasteiger partial charge >= 0.3 is 0 Å². The molecule has 1 atom stereocenters. The molecule has 0 aromatic carbocycles. The highest BCUT2D eigenvalue weighted by atomic mass is 16.2. The third-order valence-corrected chi connectivity index (χ3v) is 5.14. The van der Waals surface area contributed by atoms with Crippen LogP contribution in [0.15, 0.2) is 0 Å². The molecule has 0 radical (unpaired) electrons. The number of piperidine rings is 1. The maximum absolute atomic E-state index is 12.7. The van der Waals surface area contributed by atoms with E-state index in [9.17, 15) is 9.59 Å². The Kier molecular flexibility index (Phi) is 3.61. The first kappa shape index (κ1) is 13.1. The maximum atomic E-state index is 12.7. The minimum absolute atomic E-state index is 0.0810. The monoisotopic (exact) mass is 264 g/mol. The van der Waals surface area contributed by atoms with E-state index in [0.29, 0.717) is 18.9 Å². The molecular formula is C15H24N2O2. The van der Waals surface area contributed by atoms with Crippen LogP contribution in [0.5, 0.6) is 0 Å². The molecule has 19 heavy (non-hydrogen) atoms. The van der Waals surface area contributed by atoms with Gasteiger partial charge in [0.25, 0.3) is 0 Å². The summed E-state index contributed by atoms with van der Waals surface area (Å²) >= 11 is 0. The van der Waals surface area contributed by atoms with Crippen LogP contribution in [0.2, 0.25) is 0 Å². The third kappa shape index (κ3) is 2.42. The van der Waals surface area contributed by atoms with Gasteiger partial charge in [-0.2, -0.15) is 0 Å².